The second kappa shape index (κ2) is 8.79. The van der Waals surface area contributed by atoms with Crippen LogP contribution in [-0.4, -0.2) is 27.8 Å². The maximum absolute atomic E-state index is 12.4. The second-order valence-electron chi connectivity index (χ2n) is 6.83. The number of carbonyl (C=O) groups excluding carboxylic acids is 1. The van der Waals surface area contributed by atoms with Crippen LogP contribution in [0.15, 0.2) is 66.7 Å². The number of hydrogen-bond acceptors (Lipinski definition) is 4. The summed E-state index contributed by atoms with van der Waals surface area (Å²) < 4.78 is 6.85. The molecule has 1 N–H and O–H groups in total. The number of methoxy groups -OCH3 is 1. The molecule has 1 heterocycles. The summed E-state index contributed by atoms with van der Waals surface area (Å²) in [5, 5.41) is 8.16. The first-order valence-corrected chi connectivity index (χ1v) is 10.1. The first kappa shape index (κ1) is 20.9. The molecule has 4 aromatic rings. The highest BCUT2D eigenvalue weighted by molar-refractivity contribution is 6.42. The van der Waals surface area contributed by atoms with Gasteiger partial charge in [-0.15, -0.1) is 5.10 Å². The molecule has 8 heteroatoms. The predicted octanol–water partition coefficient (Wildman–Crippen LogP) is 5.81. The van der Waals surface area contributed by atoms with Crippen molar-refractivity contribution in [2.75, 3.05) is 12.4 Å². The van der Waals surface area contributed by atoms with Crippen LogP contribution in [0.1, 0.15) is 15.9 Å². The van der Waals surface area contributed by atoms with Gasteiger partial charge >= 0.3 is 6.01 Å². The third-order valence-electron chi connectivity index (χ3n) is 4.63. The molecule has 6 nitrogen and oxygen atoms in total. The number of benzene rings is 3. The lowest BCUT2D eigenvalue weighted by atomic mass is 10.1. The van der Waals surface area contributed by atoms with Crippen molar-refractivity contribution in [2.24, 2.45) is 0 Å². The van der Waals surface area contributed by atoms with E-state index in [4.69, 9.17) is 27.9 Å². The van der Waals surface area contributed by atoms with E-state index in [1.54, 1.807) is 41.1 Å². The molecule has 0 saturated heterocycles. The Kier molecular flexibility index (Phi) is 5.93. The van der Waals surface area contributed by atoms with Crippen LogP contribution in [0.4, 0.5) is 5.69 Å². The third-order valence-corrected chi connectivity index (χ3v) is 5.37. The molecule has 0 spiro atoms. The Hall–Kier alpha value is -3.35. The van der Waals surface area contributed by atoms with E-state index in [9.17, 15) is 4.79 Å². The summed E-state index contributed by atoms with van der Waals surface area (Å²) in [4.78, 5) is 16.9. The van der Waals surface area contributed by atoms with Gasteiger partial charge in [-0.3, -0.25) is 4.79 Å². The summed E-state index contributed by atoms with van der Waals surface area (Å²) in [7, 11) is 1.50. The number of hydrogen-bond donors (Lipinski definition) is 1. The summed E-state index contributed by atoms with van der Waals surface area (Å²) in [6.45, 7) is 1.98. The number of anilines is 1. The minimum absolute atomic E-state index is 0.174. The molecule has 0 radical (unpaired) electrons. The zero-order chi connectivity index (χ0) is 22.0. The van der Waals surface area contributed by atoms with Crippen LogP contribution in [0.3, 0.4) is 0 Å². The summed E-state index contributed by atoms with van der Waals surface area (Å²) in [5.74, 6) is 0.374. The highest BCUT2D eigenvalue weighted by Crippen LogP contribution is 2.30. The fraction of sp³-hybridized carbons (Fsp3) is 0.0870. The number of aromatic nitrogens is 3. The van der Waals surface area contributed by atoms with Gasteiger partial charge in [0.15, 0.2) is 5.82 Å². The lowest BCUT2D eigenvalue weighted by Crippen LogP contribution is -2.11. The Balaban J connectivity index is 1.61. The van der Waals surface area contributed by atoms with Crippen LogP contribution in [0.5, 0.6) is 6.01 Å². The molecule has 3 aromatic carbocycles. The maximum Gasteiger partial charge on any atom is 0.336 e. The molecule has 0 fully saturated rings. The molecule has 0 aliphatic carbocycles. The SMILES string of the molecule is COc1nc(-c2ccc(Cl)c(Cl)c2)n(-c2ccc(NC(=O)c3ccc(C)cc3)cc2)n1. The molecule has 4 rings (SSSR count). The standard InChI is InChI=1S/C23H18Cl2N4O2/c1-14-3-5-15(6-4-14)22(30)26-17-8-10-18(11-9-17)29-21(27-23(28-29)31-2)16-7-12-19(24)20(25)13-16/h3-13H,1-2H3,(H,26,30). The molecule has 31 heavy (non-hydrogen) atoms. The predicted molar refractivity (Wildman–Crippen MR) is 122 cm³/mol. The number of nitrogens with zero attached hydrogens (tertiary/aromatic N) is 3. The number of carbonyl (C=O) groups is 1. The van der Waals surface area contributed by atoms with Crippen LogP contribution >= 0.6 is 23.2 Å². The van der Waals surface area contributed by atoms with Crippen LogP contribution in [-0.2, 0) is 0 Å². The molecule has 1 amide bonds. The summed E-state index contributed by atoms with van der Waals surface area (Å²) in [6, 6.07) is 20.1. The van der Waals surface area contributed by atoms with Crippen LogP contribution < -0.4 is 10.1 Å². The van der Waals surface area contributed by atoms with E-state index >= 15 is 0 Å². The third kappa shape index (κ3) is 4.55. The highest BCUT2D eigenvalue weighted by atomic mass is 35.5. The van der Waals surface area contributed by atoms with E-state index in [1.165, 1.54) is 7.11 Å². The Morgan fingerprint density at radius 3 is 2.32 bits per heavy atom. The van der Waals surface area contributed by atoms with Crippen molar-refractivity contribution in [1.82, 2.24) is 14.8 Å². The van der Waals surface area contributed by atoms with Gasteiger partial charge in [0, 0.05) is 16.8 Å². The van der Waals surface area contributed by atoms with E-state index in [-0.39, 0.29) is 11.9 Å². The average Bonchev–Trinajstić information content (AvgIpc) is 3.21. The van der Waals surface area contributed by atoms with E-state index in [0.29, 0.717) is 27.1 Å². The molecule has 0 aliphatic rings. The summed E-state index contributed by atoms with van der Waals surface area (Å²) in [5.41, 5.74) is 3.84. The van der Waals surface area contributed by atoms with Gasteiger partial charge in [0.05, 0.1) is 22.8 Å². The van der Waals surface area contributed by atoms with Crippen molar-refractivity contribution in [3.8, 4) is 23.1 Å². The number of aryl methyl sites for hydroxylation is 1. The molecule has 156 valence electrons. The van der Waals surface area contributed by atoms with Crippen molar-refractivity contribution in [3.63, 3.8) is 0 Å². The molecule has 0 aliphatic heterocycles. The quantitative estimate of drug-likeness (QED) is 0.414. The zero-order valence-corrected chi connectivity index (χ0v) is 18.3. The van der Waals surface area contributed by atoms with Gasteiger partial charge < -0.3 is 10.1 Å². The van der Waals surface area contributed by atoms with Crippen LogP contribution in [0.2, 0.25) is 10.0 Å². The smallest absolute Gasteiger partial charge is 0.336 e. The van der Waals surface area contributed by atoms with Crippen molar-refractivity contribution in [2.45, 2.75) is 6.92 Å². The van der Waals surface area contributed by atoms with Crippen molar-refractivity contribution >= 4 is 34.8 Å². The van der Waals surface area contributed by atoms with Crippen molar-refractivity contribution in [3.05, 3.63) is 87.9 Å². The lowest BCUT2D eigenvalue weighted by molar-refractivity contribution is 0.102. The van der Waals surface area contributed by atoms with Gasteiger partial charge in [-0.2, -0.15) is 4.98 Å². The molecule has 0 atom stereocenters. The molecule has 0 saturated carbocycles. The zero-order valence-electron chi connectivity index (χ0n) is 16.8. The van der Waals surface area contributed by atoms with Crippen molar-refractivity contribution in [1.29, 1.82) is 0 Å². The van der Waals surface area contributed by atoms with Gasteiger partial charge in [-0.1, -0.05) is 40.9 Å². The monoisotopic (exact) mass is 452 g/mol. The Morgan fingerprint density at radius 2 is 1.68 bits per heavy atom. The van der Waals surface area contributed by atoms with Crippen LogP contribution in [0, 0.1) is 6.92 Å². The average molecular weight is 453 g/mol. The first-order valence-electron chi connectivity index (χ1n) is 9.39. The maximum atomic E-state index is 12.4. The van der Waals surface area contributed by atoms with Gasteiger partial charge in [0.1, 0.15) is 0 Å². The van der Waals surface area contributed by atoms with Gasteiger partial charge in [0.2, 0.25) is 0 Å². The van der Waals surface area contributed by atoms with E-state index in [2.05, 4.69) is 15.4 Å². The van der Waals surface area contributed by atoms with Gasteiger partial charge in [0.25, 0.3) is 5.91 Å². The second-order valence-corrected chi connectivity index (χ2v) is 7.64. The van der Waals surface area contributed by atoms with Crippen molar-refractivity contribution < 1.29 is 9.53 Å². The number of halogens is 2. The van der Waals surface area contributed by atoms with Gasteiger partial charge in [-0.25, -0.2) is 4.68 Å². The Bertz CT molecular complexity index is 1240. The molecule has 0 unspecified atom stereocenters. The normalized spacial score (nSPS) is 10.7. The van der Waals surface area contributed by atoms with E-state index < -0.39 is 0 Å². The summed E-state index contributed by atoms with van der Waals surface area (Å²) >= 11 is 12.2. The fourth-order valence-electron chi connectivity index (χ4n) is 2.98. The largest absolute Gasteiger partial charge is 0.466 e. The Morgan fingerprint density at radius 1 is 0.968 bits per heavy atom. The number of nitrogens with one attached hydrogen (secondary N) is 1. The minimum Gasteiger partial charge on any atom is -0.466 e. The molecule has 1 aromatic heterocycles. The van der Waals surface area contributed by atoms with E-state index in [0.717, 1.165) is 16.8 Å². The fourth-order valence-corrected chi connectivity index (χ4v) is 3.27. The van der Waals surface area contributed by atoms with Crippen LogP contribution in [0.25, 0.3) is 17.1 Å². The number of ether oxygens (including phenoxy) is 1. The Labute approximate surface area is 189 Å². The molecular weight excluding hydrogens is 435 g/mol. The van der Waals surface area contributed by atoms with E-state index in [1.807, 2.05) is 37.3 Å². The highest BCUT2D eigenvalue weighted by Gasteiger charge is 2.15. The van der Waals surface area contributed by atoms with Gasteiger partial charge in [-0.05, 0) is 61.5 Å². The topological polar surface area (TPSA) is 69.0 Å². The summed E-state index contributed by atoms with van der Waals surface area (Å²) in [6.07, 6.45) is 0. The minimum atomic E-state index is -0.174. The molecule has 0 bridgehead atoms. The lowest BCUT2D eigenvalue weighted by Gasteiger charge is -2.09. The number of rotatable bonds is 5. The number of amides is 1. The molecular formula is C23H18Cl2N4O2. The first-order chi connectivity index (χ1) is 14.9.